The molecule has 0 radical (unpaired) electrons. The Balaban J connectivity index is 1.98. The number of aromatic nitrogens is 3. The monoisotopic (exact) mass is 307 g/mol. The molecule has 0 aliphatic carbocycles. The van der Waals surface area contributed by atoms with Crippen LogP contribution < -0.4 is 11.1 Å². The highest BCUT2D eigenvalue weighted by Gasteiger charge is 2.10. The molecule has 1 atom stereocenters. The summed E-state index contributed by atoms with van der Waals surface area (Å²) in [5.41, 5.74) is 6.35. The number of nitrogens with two attached hydrogens (primary N) is 1. The number of anilines is 2. The van der Waals surface area contributed by atoms with Crippen molar-refractivity contribution >= 4 is 11.9 Å². The van der Waals surface area contributed by atoms with Crippen molar-refractivity contribution in [1.82, 2.24) is 15.0 Å². The summed E-state index contributed by atoms with van der Waals surface area (Å²) in [6.45, 7) is 3.77. The van der Waals surface area contributed by atoms with Crippen LogP contribution in [0.4, 0.5) is 20.7 Å². The average molecular weight is 307 g/mol. The van der Waals surface area contributed by atoms with Gasteiger partial charge in [-0.25, -0.2) is 8.78 Å². The maximum atomic E-state index is 13.2. The van der Waals surface area contributed by atoms with Gasteiger partial charge < -0.3 is 11.1 Å². The molecule has 0 saturated heterocycles. The van der Waals surface area contributed by atoms with E-state index < -0.39 is 11.6 Å². The topological polar surface area (TPSA) is 76.7 Å². The Kier molecular flexibility index (Phi) is 5.19. The van der Waals surface area contributed by atoms with Crippen LogP contribution >= 0.6 is 0 Å². The Morgan fingerprint density at radius 3 is 2.59 bits per heavy atom. The number of hydrogen-bond acceptors (Lipinski definition) is 5. The van der Waals surface area contributed by atoms with Crippen LogP contribution in [0.2, 0.25) is 0 Å². The highest BCUT2D eigenvalue weighted by atomic mass is 19.2. The molecule has 0 amide bonds. The largest absolute Gasteiger partial charge is 0.368 e. The molecule has 22 heavy (non-hydrogen) atoms. The standard InChI is InChI=1S/C15H19F2N5/c1-3-11(21-15-20-9(2)19-14(18)22-15)6-4-10-5-7-12(16)13(17)8-10/h5,7-8,11H,3-4,6H2,1-2H3,(H3,18,19,20,21,22). The Bertz CT molecular complexity index is 628. The number of aryl methyl sites for hydroxylation is 2. The molecule has 0 saturated carbocycles. The van der Waals surface area contributed by atoms with Crippen molar-refractivity contribution in [2.45, 2.75) is 39.2 Å². The minimum atomic E-state index is -0.829. The fourth-order valence-corrected chi connectivity index (χ4v) is 2.16. The summed E-state index contributed by atoms with van der Waals surface area (Å²) in [6, 6.07) is 4.08. The van der Waals surface area contributed by atoms with Crippen LogP contribution in [-0.2, 0) is 6.42 Å². The van der Waals surface area contributed by atoms with Gasteiger partial charge in [-0.05, 0) is 43.9 Å². The normalized spacial score (nSPS) is 12.2. The molecule has 7 heteroatoms. The second-order valence-electron chi connectivity index (χ2n) is 5.10. The van der Waals surface area contributed by atoms with E-state index in [4.69, 9.17) is 5.73 Å². The number of halogens is 2. The van der Waals surface area contributed by atoms with Crippen LogP contribution in [0.1, 0.15) is 31.2 Å². The summed E-state index contributed by atoms with van der Waals surface area (Å²) in [5.74, 6) is -0.498. The molecule has 1 aromatic carbocycles. The predicted octanol–water partition coefficient (Wildman–Crippen LogP) is 2.86. The number of rotatable bonds is 6. The van der Waals surface area contributed by atoms with Gasteiger partial charge in [-0.2, -0.15) is 15.0 Å². The summed E-state index contributed by atoms with van der Waals surface area (Å²) >= 11 is 0. The third-order valence-electron chi connectivity index (χ3n) is 3.36. The van der Waals surface area contributed by atoms with Crippen LogP contribution in [0.15, 0.2) is 18.2 Å². The zero-order valence-electron chi connectivity index (χ0n) is 12.6. The highest BCUT2D eigenvalue weighted by Crippen LogP contribution is 2.14. The van der Waals surface area contributed by atoms with Gasteiger partial charge in [0.2, 0.25) is 11.9 Å². The maximum Gasteiger partial charge on any atom is 0.227 e. The Morgan fingerprint density at radius 1 is 1.18 bits per heavy atom. The van der Waals surface area contributed by atoms with E-state index in [2.05, 4.69) is 20.3 Å². The third kappa shape index (κ3) is 4.34. The van der Waals surface area contributed by atoms with Crippen LogP contribution in [0.3, 0.4) is 0 Å². The van der Waals surface area contributed by atoms with Gasteiger partial charge in [0.25, 0.3) is 0 Å². The Morgan fingerprint density at radius 2 is 1.95 bits per heavy atom. The van der Waals surface area contributed by atoms with Crippen LogP contribution in [0.5, 0.6) is 0 Å². The quantitative estimate of drug-likeness (QED) is 0.858. The van der Waals surface area contributed by atoms with E-state index in [0.29, 0.717) is 18.2 Å². The van der Waals surface area contributed by atoms with Gasteiger partial charge in [-0.15, -0.1) is 0 Å². The lowest BCUT2D eigenvalue weighted by Crippen LogP contribution is -2.21. The molecular formula is C15H19F2N5. The summed E-state index contributed by atoms with van der Waals surface area (Å²) in [7, 11) is 0. The molecule has 1 unspecified atom stereocenters. The fraction of sp³-hybridized carbons (Fsp3) is 0.400. The molecule has 0 fully saturated rings. The van der Waals surface area contributed by atoms with Crippen LogP contribution in [0.25, 0.3) is 0 Å². The SMILES string of the molecule is CCC(CCc1ccc(F)c(F)c1)Nc1nc(C)nc(N)n1. The lowest BCUT2D eigenvalue weighted by Gasteiger charge is -2.17. The van der Waals surface area contributed by atoms with Crippen LogP contribution in [0, 0.1) is 18.6 Å². The summed E-state index contributed by atoms with van der Waals surface area (Å²) in [4.78, 5) is 12.1. The van der Waals surface area contributed by atoms with Crippen LogP contribution in [-0.4, -0.2) is 21.0 Å². The summed E-state index contributed by atoms with van der Waals surface area (Å²) < 4.78 is 26.1. The maximum absolute atomic E-state index is 13.2. The van der Waals surface area contributed by atoms with Gasteiger partial charge >= 0.3 is 0 Å². The van der Waals surface area contributed by atoms with Gasteiger partial charge in [-0.3, -0.25) is 0 Å². The van der Waals surface area contributed by atoms with Gasteiger partial charge in [0.05, 0.1) is 0 Å². The zero-order chi connectivity index (χ0) is 16.1. The Hall–Kier alpha value is -2.31. The van der Waals surface area contributed by atoms with E-state index in [-0.39, 0.29) is 12.0 Å². The second-order valence-corrected chi connectivity index (χ2v) is 5.10. The van der Waals surface area contributed by atoms with Crippen molar-refractivity contribution < 1.29 is 8.78 Å². The number of hydrogen-bond donors (Lipinski definition) is 2. The number of benzene rings is 1. The molecule has 0 aliphatic heterocycles. The molecule has 5 nitrogen and oxygen atoms in total. The van der Waals surface area contributed by atoms with Crippen molar-refractivity contribution in [2.75, 3.05) is 11.1 Å². The predicted molar refractivity (Wildman–Crippen MR) is 81.4 cm³/mol. The summed E-state index contributed by atoms with van der Waals surface area (Å²) in [5, 5.41) is 3.20. The van der Waals surface area contributed by atoms with Crippen molar-refractivity contribution in [3.8, 4) is 0 Å². The lowest BCUT2D eigenvalue weighted by molar-refractivity contribution is 0.506. The number of nitrogens with one attached hydrogen (secondary N) is 1. The van der Waals surface area contributed by atoms with Crippen molar-refractivity contribution in [2.24, 2.45) is 0 Å². The molecule has 0 spiro atoms. The van der Waals surface area contributed by atoms with E-state index in [9.17, 15) is 8.78 Å². The van der Waals surface area contributed by atoms with Gasteiger partial charge in [0.1, 0.15) is 5.82 Å². The highest BCUT2D eigenvalue weighted by molar-refractivity contribution is 5.32. The molecule has 0 aliphatic rings. The molecule has 1 heterocycles. The second kappa shape index (κ2) is 7.11. The van der Waals surface area contributed by atoms with Crippen molar-refractivity contribution in [1.29, 1.82) is 0 Å². The minimum absolute atomic E-state index is 0.106. The van der Waals surface area contributed by atoms with Gasteiger partial charge in [0.15, 0.2) is 11.6 Å². The minimum Gasteiger partial charge on any atom is -0.368 e. The smallest absolute Gasteiger partial charge is 0.227 e. The van der Waals surface area contributed by atoms with E-state index in [1.165, 1.54) is 6.07 Å². The number of nitrogen functional groups attached to an aromatic ring is 1. The first-order chi connectivity index (χ1) is 10.5. The molecule has 0 bridgehead atoms. The lowest BCUT2D eigenvalue weighted by atomic mass is 10.0. The van der Waals surface area contributed by atoms with Crippen molar-refractivity contribution in [3.05, 3.63) is 41.2 Å². The first-order valence-electron chi connectivity index (χ1n) is 7.16. The van der Waals surface area contributed by atoms with Gasteiger partial charge in [0, 0.05) is 6.04 Å². The molecule has 3 N–H and O–H groups in total. The van der Waals surface area contributed by atoms with Gasteiger partial charge in [-0.1, -0.05) is 13.0 Å². The average Bonchev–Trinajstić information content (AvgIpc) is 2.46. The summed E-state index contributed by atoms with van der Waals surface area (Å²) in [6.07, 6.45) is 2.21. The Labute approximate surface area is 128 Å². The molecule has 2 rings (SSSR count). The third-order valence-corrected chi connectivity index (χ3v) is 3.36. The van der Waals surface area contributed by atoms with Crippen molar-refractivity contribution in [3.63, 3.8) is 0 Å². The molecule has 2 aromatic rings. The molecule has 1 aromatic heterocycles. The van der Waals surface area contributed by atoms with E-state index in [0.717, 1.165) is 24.5 Å². The zero-order valence-corrected chi connectivity index (χ0v) is 12.6. The fourth-order valence-electron chi connectivity index (χ4n) is 2.16. The molecule has 118 valence electrons. The van der Waals surface area contributed by atoms with E-state index >= 15 is 0 Å². The molecular weight excluding hydrogens is 288 g/mol. The van der Waals surface area contributed by atoms with E-state index in [1.54, 1.807) is 13.0 Å². The van der Waals surface area contributed by atoms with E-state index in [1.807, 2.05) is 6.92 Å². The first kappa shape index (κ1) is 16.1. The first-order valence-corrected chi connectivity index (χ1v) is 7.16. The number of nitrogens with zero attached hydrogens (tertiary/aromatic N) is 3.